The normalized spacial score (nSPS) is 12.5. The smallest absolute Gasteiger partial charge is 0.255 e. The van der Waals surface area contributed by atoms with Gasteiger partial charge in [0.2, 0.25) is 0 Å². The van der Waals surface area contributed by atoms with Crippen LogP contribution in [-0.4, -0.2) is 47.2 Å². The Morgan fingerprint density at radius 1 is 1.71 bits per heavy atom. The average Bonchev–Trinajstić information content (AvgIpc) is 2.63. The van der Waals surface area contributed by atoms with Gasteiger partial charge in [0.25, 0.3) is 5.91 Å². The first kappa shape index (κ1) is 13.7. The molecule has 0 saturated heterocycles. The number of hydrogen-bond acceptors (Lipinski definition) is 4. The van der Waals surface area contributed by atoms with E-state index in [1.165, 1.54) is 0 Å². The van der Waals surface area contributed by atoms with Gasteiger partial charge in [-0.05, 0) is 13.3 Å². The van der Waals surface area contributed by atoms with Gasteiger partial charge in [0.15, 0.2) is 0 Å². The summed E-state index contributed by atoms with van der Waals surface area (Å²) in [5, 5.41) is 16.0. The molecule has 17 heavy (non-hydrogen) atoms. The minimum absolute atomic E-state index is 0.103. The Morgan fingerprint density at radius 3 is 2.88 bits per heavy atom. The quantitative estimate of drug-likeness (QED) is 0.726. The van der Waals surface area contributed by atoms with Gasteiger partial charge in [0.05, 0.1) is 23.9 Å². The molecule has 6 nitrogen and oxygen atoms in total. The summed E-state index contributed by atoms with van der Waals surface area (Å²) >= 11 is 0. The third-order valence-electron chi connectivity index (χ3n) is 2.48. The standard InChI is InChI=1S/C11H19N3O3/c1-8-10(6-14(2)13-8)11(16)12-9(7-15)4-5-17-3/h6,9,15H,4-5,7H2,1-3H3,(H,12,16). The van der Waals surface area contributed by atoms with Crippen LogP contribution >= 0.6 is 0 Å². The molecule has 0 aromatic carbocycles. The molecule has 0 spiro atoms. The Bertz CT molecular complexity index is 376. The molecule has 1 aromatic rings. The van der Waals surface area contributed by atoms with Crippen molar-refractivity contribution in [2.75, 3.05) is 20.3 Å². The van der Waals surface area contributed by atoms with Crippen LogP contribution in [0.1, 0.15) is 22.5 Å². The number of aliphatic hydroxyl groups is 1. The van der Waals surface area contributed by atoms with Gasteiger partial charge in [-0.15, -0.1) is 0 Å². The molecule has 1 amide bonds. The number of rotatable bonds is 6. The highest BCUT2D eigenvalue weighted by Gasteiger charge is 2.16. The van der Waals surface area contributed by atoms with Crippen molar-refractivity contribution in [2.24, 2.45) is 7.05 Å². The lowest BCUT2D eigenvalue weighted by molar-refractivity contribution is 0.0894. The van der Waals surface area contributed by atoms with Crippen molar-refractivity contribution >= 4 is 5.91 Å². The van der Waals surface area contributed by atoms with Gasteiger partial charge in [-0.3, -0.25) is 9.48 Å². The molecule has 0 aliphatic heterocycles. The lowest BCUT2D eigenvalue weighted by Gasteiger charge is -2.15. The largest absolute Gasteiger partial charge is 0.394 e. The number of hydrogen-bond donors (Lipinski definition) is 2. The first-order chi connectivity index (χ1) is 8.08. The molecule has 1 aromatic heterocycles. The summed E-state index contributed by atoms with van der Waals surface area (Å²) in [6, 6.07) is -0.290. The Hall–Kier alpha value is -1.40. The Labute approximate surface area is 101 Å². The van der Waals surface area contributed by atoms with Gasteiger partial charge in [-0.25, -0.2) is 0 Å². The maximum Gasteiger partial charge on any atom is 0.255 e. The van der Waals surface area contributed by atoms with E-state index in [1.54, 1.807) is 32.0 Å². The van der Waals surface area contributed by atoms with E-state index in [2.05, 4.69) is 10.4 Å². The van der Waals surface area contributed by atoms with E-state index in [0.29, 0.717) is 24.3 Å². The third-order valence-corrected chi connectivity index (χ3v) is 2.48. The second-order valence-electron chi connectivity index (χ2n) is 3.94. The molecular formula is C11H19N3O3. The van der Waals surface area contributed by atoms with Crippen molar-refractivity contribution in [3.05, 3.63) is 17.5 Å². The Morgan fingerprint density at radius 2 is 2.41 bits per heavy atom. The van der Waals surface area contributed by atoms with Gasteiger partial charge < -0.3 is 15.2 Å². The summed E-state index contributed by atoms with van der Waals surface area (Å²) < 4.78 is 6.50. The number of methoxy groups -OCH3 is 1. The summed E-state index contributed by atoms with van der Waals surface area (Å²) in [4.78, 5) is 11.9. The molecule has 0 aliphatic carbocycles. The molecule has 0 fully saturated rings. The number of ether oxygens (including phenoxy) is 1. The van der Waals surface area contributed by atoms with Gasteiger partial charge >= 0.3 is 0 Å². The van der Waals surface area contributed by atoms with E-state index in [0.717, 1.165) is 0 Å². The van der Waals surface area contributed by atoms with E-state index in [1.807, 2.05) is 0 Å². The highest BCUT2D eigenvalue weighted by molar-refractivity contribution is 5.95. The number of aliphatic hydroxyl groups excluding tert-OH is 1. The van der Waals surface area contributed by atoms with Crippen LogP contribution in [0.4, 0.5) is 0 Å². The van der Waals surface area contributed by atoms with Gasteiger partial charge in [0, 0.05) is 27.0 Å². The fourth-order valence-electron chi connectivity index (χ4n) is 1.55. The number of nitrogens with one attached hydrogen (secondary N) is 1. The van der Waals surface area contributed by atoms with Crippen LogP contribution < -0.4 is 5.32 Å². The Balaban J connectivity index is 2.61. The van der Waals surface area contributed by atoms with Crippen molar-refractivity contribution in [1.82, 2.24) is 15.1 Å². The minimum atomic E-state index is -0.290. The van der Waals surface area contributed by atoms with Crippen LogP contribution in [0, 0.1) is 6.92 Å². The monoisotopic (exact) mass is 241 g/mol. The van der Waals surface area contributed by atoms with Crippen LogP contribution in [-0.2, 0) is 11.8 Å². The summed E-state index contributed by atoms with van der Waals surface area (Å²) in [5.41, 5.74) is 1.21. The third kappa shape index (κ3) is 3.83. The first-order valence-electron chi connectivity index (χ1n) is 5.49. The molecule has 1 unspecified atom stereocenters. The van der Waals surface area contributed by atoms with Crippen molar-refractivity contribution in [3.63, 3.8) is 0 Å². The van der Waals surface area contributed by atoms with Crippen LogP contribution in [0.2, 0.25) is 0 Å². The number of carbonyl (C=O) groups excluding carboxylic acids is 1. The van der Waals surface area contributed by atoms with Crippen molar-refractivity contribution in [3.8, 4) is 0 Å². The first-order valence-corrected chi connectivity index (χ1v) is 5.49. The maximum absolute atomic E-state index is 11.9. The van der Waals surface area contributed by atoms with Gasteiger partial charge in [-0.1, -0.05) is 0 Å². The molecule has 0 saturated carbocycles. The number of aromatic nitrogens is 2. The molecule has 6 heteroatoms. The maximum atomic E-state index is 11.9. The summed E-state index contributed by atoms with van der Waals surface area (Å²) in [7, 11) is 3.35. The van der Waals surface area contributed by atoms with Crippen molar-refractivity contribution in [2.45, 2.75) is 19.4 Å². The molecule has 1 atom stereocenters. The lowest BCUT2D eigenvalue weighted by atomic mass is 10.2. The fourth-order valence-corrected chi connectivity index (χ4v) is 1.55. The highest BCUT2D eigenvalue weighted by Crippen LogP contribution is 2.05. The number of amides is 1. The molecule has 1 rings (SSSR count). The molecule has 0 bridgehead atoms. The van der Waals surface area contributed by atoms with E-state index in [4.69, 9.17) is 9.84 Å². The number of carbonyl (C=O) groups is 1. The molecule has 0 radical (unpaired) electrons. The zero-order valence-corrected chi connectivity index (χ0v) is 10.4. The summed E-state index contributed by atoms with van der Waals surface area (Å²) in [6.07, 6.45) is 2.24. The van der Waals surface area contributed by atoms with E-state index in [9.17, 15) is 4.79 Å². The van der Waals surface area contributed by atoms with Crippen LogP contribution in [0.5, 0.6) is 0 Å². The zero-order chi connectivity index (χ0) is 12.8. The average molecular weight is 241 g/mol. The lowest BCUT2D eigenvalue weighted by Crippen LogP contribution is -2.38. The molecule has 96 valence electrons. The van der Waals surface area contributed by atoms with Gasteiger partial charge in [-0.2, -0.15) is 5.10 Å². The predicted octanol–water partition coefficient (Wildman–Crippen LogP) is -0.144. The second kappa shape index (κ2) is 6.36. The van der Waals surface area contributed by atoms with Crippen molar-refractivity contribution in [1.29, 1.82) is 0 Å². The SMILES string of the molecule is COCCC(CO)NC(=O)c1cn(C)nc1C. The summed E-state index contributed by atoms with van der Waals surface area (Å²) in [5.74, 6) is -0.217. The van der Waals surface area contributed by atoms with E-state index in [-0.39, 0.29) is 18.6 Å². The van der Waals surface area contributed by atoms with Crippen LogP contribution in [0.3, 0.4) is 0 Å². The van der Waals surface area contributed by atoms with Crippen LogP contribution in [0.15, 0.2) is 6.20 Å². The van der Waals surface area contributed by atoms with E-state index >= 15 is 0 Å². The van der Waals surface area contributed by atoms with Crippen LogP contribution in [0.25, 0.3) is 0 Å². The highest BCUT2D eigenvalue weighted by atomic mass is 16.5. The zero-order valence-electron chi connectivity index (χ0n) is 10.4. The minimum Gasteiger partial charge on any atom is -0.394 e. The molecular weight excluding hydrogens is 222 g/mol. The van der Waals surface area contributed by atoms with Crippen molar-refractivity contribution < 1.29 is 14.6 Å². The number of aryl methyl sites for hydroxylation is 2. The predicted molar refractivity (Wildman–Crippen MR) is 62.8 cm³/mol. The molecule has 0 aliphatic rings. The second-order valence-corrected chi connectivity index (χ2v) is 3.94. The topological polar surface area (TPSA) is 76.4 Å². The Kier molecular flexibility index (Phi) is 5.11. The number of nitrogens with zero attached hydrogens (tertiary/aromatic N) is 2. The van der Waals surface area contributed by atoms with Gasteiger partial charge in [0.1, 0.15) is 0 Å². The fraction of sp³-hybridized carbons (Fsp3) is 0.636. The molecule has 2 N–H and O–H groups in total. The summed E-state index contributed by atoms with van der Waals surface area (Å²) in [6.45, 7) is 2.17. The molecule has 1 heterocycles. The van der Waals surface area contributed by atoms with E-state index < -0.39 is 0 Å².